The molecule has 1 aromatic heterocycles. The molecule has 19 heavy (non-hydrogen) atoms. The Morgan fingerprint density at radius 1 is 1.42 bits per heavy atom. The number of aryl methyl sites for hydroxylation is 1. The minimum absolute atomic E-state index is 0.0177. The Labute approximate surface area is 115 Å². The van der Waals surface area contributed by atoms with Crippen molar-refractivity contribution in [2.24, 2.45) is 0 Å². The van der Waals surface area contributed by atoms with E-state index >= 15 is 0 Å². The molecule has 0 aliphatic rings. The maximum atomic E-state index is 11.0. The number of halogens is 1. The Morgan fingerprint density at radius 3 is 2.79 bits per heavy atom. The Bertz CT molecular complexity index is 644. The van der Waals surface area contributed by atoms with Crippen molar-refractivity contribution in [1.29, 1.82) is 0 Å². The van der Waals surface area contributed by atoms with Gasteiger partial charge in [0.1, 0.15) is 5.82 Å². The molecule has 0 radical (unpaired) electrons. The Hall–Kier alpha value is -2.27. The van der Waals surface area contributed by atoms with E-state index < -0.39 is 5.97 Å². The SMILES string of the molecule is Cc1cc(Cl)ccc1Nc1cc(C(=O)O)c(N)cn1. The molecule has 1 heterocycles. The molecule has 0 aliphatic heterocycles. The van der Waals surface area contributed by atoms with Gasteiger partial charge in [-0.1, -0.05) is 11.6 Å². The van der Waals surface area contributed by atoms with Crippen LogP contribution in [0, 0.1) is 6.92 Å². The number of rotatable bonds is 3. The molecular formula is C13H12ClN3O2. The summed E-state index contributed by atoms with van der Waals surface area (Å²) in [5, 5.41) is 12.7. The number of carboxylic acids is 1. The van der Waals surface area contributed by atoms with Gasteiger partial charge in [-0.15, -0.1) is 0 Å². The van der Waals surface area contributed by atoms with Crippen LogP contribution in [0.2, 0.25) is 5.02 Å². The quantitative estimate of drug-likeness (QED) is 0.802. The van der Waals surface area contributed by atoms with E-state index in [4.69, 9.17) is 22.4 Å². The van der Waals surface area contributed by atoms with E-state index in [9.17, 15) is 4.79 Å². The molecule has 0 saturated carbocycles. The zero-order valence-electron chi connectivity index (χ0n) is 10.1. The van der Waals surface area contributed by atoms with Crippen molar-refractivity contribution >= 4 is 34.8 Å². The lowest BCUT2D eigenvalue weighted by atomic mass is 10.2. The van der Waals surface area contributed by atoms with Crippen LogP contribution in [0.1, 0.15) is 15.9 Å². The number of nitrogens with two attached hydrogens (primary N) is 1. The number of nitrogens with zero attached hydrogens (tertiary/aromatic N) is 1. The topological polar surface area (TPSA) is 88.2 Å². The fourth-order valence-electron chi connectivity index (χ4n) is 1.62. The maximum absolute atomic E-state index is 11.0. The first kappa shape index (κ1) is 13.2. The summed E-state index contributed by atoms with van der Waals surface area (Å²) in [5.74, 6) is -0.673. The van der Waals surface area contributed by atoms with Gasteiger partial charge in [-0.05, 0) is 36.8 Å². The van der Waals surface area contributed by atoms with Gasteiger partial charge in [0.25, 0.3) is 0 Å². The lowest BCUT2D eigenvalue weighted by Gasteiger charge is -2.10. The number of nitrogens with one attached hydrogen (secondary N) is 1. The molecule has 5 nitrogen and oxygen atoms in total. The summed E-state index contributed by atoms with van der Waals surface area (Å²) in [6, 6.07) is 6.74. The van der Waals surface area contributed by atoms with Crippen LogP contribution in [0.5, 0.6) is 0 Å². The van der Waals surface area contributed by atoms with E-state index in [1.54, 1.807) is 18.2 Å². The monoisotopic (exact) mass is 277 g/mol. The van der Waals surface area contributed by atoms with E-state index in [2.05, 4.69) is 10.3 Å². The molecule has 2 aromatic rings. The predicted octanol–water partition coefficient (Wildman–Crippen LogP) is 3.07. The lowest BCUT2D eigenvalue weighted by molar-refractivity contribution is 0.0698. The van der Waals surface area contributed by atoms with E-state index in [0.29, 0.717) is 10.8 Å². The van der Waals surface area contributed by atoms with Crippen molar-refractivity contribution in [1.82, 2.24) is 4.98 Å². The Morgan fingerprint density at radius 2 is 2.16 bits per heavy atom. The van der Waals surface area contributed by atoms with E-state index in [1.165, 1.54) is 12.3 Å². The minimum Gasteiger partial charge on any atom is -0.478 e. The highest BCUT2D eigenvalue weighted by atomic mass is 35.5. The number of pyridine rings is 1. The van der Waals surface area contributed by atoms with Gasteiger partial charge in [-0.2, -0.15) is 0 Å². The summed E-state index contributed by atoms with van der Waals surface area (Å²) in [6.07, 6.45) is 1.32. The van der Waals surface area contributed by atoms with Crippen molar-refractivity contribution in [3.63, 3.8) is 0 Å². The standard InChI is InChI=1S/C13H12ClN3O2/c1-7-4-8(14)2-3-11(7)17-12-5-9(13(18)19)10(15)6-16-12/h2-6H,15H2,1H3,(H,16,17)(H,18,19). The molecule has 2 rings (SSSR count). The normalized spacial score (nSPS) is 10.2. The number of aromatic carboxylic acids is 1. The van der Waals surface area contributed by atoms with Gasteiger partial charge in [0.15, 0.2) is 0 Å². The second-order valence-electron chi connectivity index (χ2n) is 4.05. The summed E-state index contributed by atoms with van der Waals surface area (Å²) in [4.78, 5) is 15.0. The van der Waals surface area contributed by atoms with Crippen LogP contribution in [0.15, 0.2) is 30.5 Å². The Balaban J connectivity index is 2.33. The average Bonchev–Trinajstić information content (AvgIpc) is 2.34. The van der Waals surface area contributed by atoms with Gasteiger partial charge in [0.05, 0.1) is 17.4 Å². The second-order valence-corrected chi connectivity index (χ2v) is 4.48. The van der Waals surface area contributed by atoms with Gasteiger partial charge in [0, 0.05) is 10.7 Å². The molecule has 1 aromatic carbocycles. The number of hydrogen-bond donors (Lipinski definition) is 3. The van der Waals surface area contributed by atoms with Crippen LogP contribution in [-0.4, -0.2) is 16.1 Å². The summed E-state index contributed by atoms with van der Waals surface area (Å²) >= 11 is 5.87. The number of nitrogen functional groups attached to an aromatic ring is 1. The van der Waals surface area contributed by atoms with Crippen molar-refractivity contribution in [3.8, 4) is 0 Å². The third-order valence-electron chi connectivity index (χ3n) is 2.62. The van der Waals surface area contributed by atoms with Gasteiger partial charge in [0.2, 0.25) is 0 Å². The predicted molar refractivity (Wildman–Crippen MR) is 75.1 cm³/mol. The van der Waals surface area contributed by atoms with Crippen molar-refractivity contribution in [2.75, 3.05) is 11.1 Å². The minimum atomic E-state index is -1.09. The zero-order chi connectivity index (χ0) is 14.0. The van der Waals surface area contributed by atoms with E-state index in [1.807, 2.05) is 6.92 Å². The summed E-state index contributed by atoms with van der Waals surface area (Å²) in [7, 11) is 0. The highest BCUT2D eigenvalue weighted by Gasteiger charge is 2.10. The number of anilines is 3. The number of carbonyl (C=O) groups is 1. The fraction of sp³-hybridized carbons (Fsp3) is 0.0769. The molecule has 6 heteroatoms. The smallest absolute Gasteiger partial charge is 0.337 e. The van der Waals surface area contributed by atoms with Crippen molar-refractivity contribution < 1.29 is 9.90 Å². The van der Waals surface area contributed by atoms with Gasteiger partial charge >= 0.3 is 5.97 Å². The summed E-state index contributed by atoms with van der Waals surface area (Å²) < 4.78 is 0. The molecule has 0 atom stereocenters. The molecule has 0 spiro atoms. The van der Waals surface area contributed by atoms with Crippen LogP contribution in [-0.2, 0) is 0 Å². The molecule has 0 saturated heterocycles. The molecule has 0 bridgehead atoms. The second kappa shape index (κ2) is 5.16. The number of hydrogen-bond acceptors (Lipinski definition) is 4. The van der Waals surface area contributed by atoms with Crippen molar-refractivity contribution in [2.45, 2.75) is 6.92 Å². The third-order valence-corrected chi connectivity index (χ3v) is 2.85. The average molecular weight is 278 g/mol. The Kier molecular flexibility index (Phi) is 3.57. The zero-order valence-corrected chi connectivity index (χ0v) is 10.9. The maximum Gasteiger partial charge on any atom is 0.337 e. The van der Waals surface area contributed by atoms with E-state index in [0.717, 1.165) is 11.3 Å². The first-order chi connectivity index (χ1) is 8.97. The largest absolute Gasteiger partial charge is 0.478 e. The summed E-state index contributed by atoms with van der Waals surface area (Å²) in [5.41, 5.74) is 7.43. The van der Waals surface area contributed by atoms with Crippen molar-refractivity contribution in [3.05, 3.63) is 46.6 Å². The fourth-order valence-corrected chi connectivity index (χ4v) is 1.85. The molecule has 0 fully saturated rings. The van der Waals surface area contributed by atoms with Gasteiger partial charge in [-0.25, -0.2) is 9.78 Å². The first-order valence-electron chi connectivity index (χ1n) is 5.49. The summed E-state index contributed by atoms with van der Waals surface area (Å²) in [6.45, 7) is 1.89. The molecule has 0 unspecified atom stereocenters. The molecule has 0 amide bonds. The van der Waals surface area contributed by atoms with Crippen LogP contribution in [0.25, 0.3) is 0 Å². The molecule has 98 valence electrons. The highest BCUT2D eigenvalue weighted by molar-refractivity contribution is 6.30. The lowest BCUT2D eigenvalue weighted by Crippen LogP contribution is -2.05. The van der Waals surface area contributed by atoms with E-state index in [-0.39, 0.29) is 11.3 Å². The first-order valence-corrected chi connectivity index (χ1v) is 5.87. The molecule has 0 aliphatic carbocycles. The van der Waals surface area contributed by atoms with Crippen LogP contribution in [0.3, 0.4) is 0 Å². The van der Waals surface area contributed by atoms with Crippen LogP contribution >= 0.6 is 11.6 Å². The number of carboxylic acid groups (broad SMARTS) is 1. The molecule has 4 N–H and O–H groups in total. The van der Waals surface area contributed by atoms with Crippen LogP contribution in [0.4, 0.5) is 17.2 Å². The molecular weight excluding hydrogens is 266 g/mol. The van der Waals surface area contributed by atoms with Gasteiger partial charge < -0.3 is 16.2 Å². The van der Waals surface area contributed by atoms with Gasteiger partial charge in [-0.3, -0.25) is 0 Å². The third kappa shape index (κ3) is 2.95. The number of aromatic nitrogens is 1. The number of benzene rings is 1. The van der Waals surface area contributed by atoms with Crippen LogP contribution < -0.4 is 11.1 Å². The highest BCUT2D eigenvalue weighted by Crippen LogP contribution is 2.24.